The van der Waals surface area contributed by atoms with Crippen LogP contribution in [0.2, 0.25) is 0 Å². The highest BCUT2D eigenvalue weighted by atomic mass is 19.1. The van der Waals surface area contributed by atoms with Crippen molar-refractivity contribution >= 4 is 115 Å². The Balaban J connectivity index is 0.000000291. The fourth-order valence-electron chi connectivity index (χ4n) is 18.0. The Kier molecular flexibility index (Phi) is 28.4. The number of H-pyrrole nitrogens is 4. The van der Waals surface area contributed by atoms with Gasteiger partial charge in [0.2, 0.25) is 29.5 Å². The summed E-state index contributed by atoms with van der Waals surface area (Å²) < 4.78 is 142. The molecular weight excluding hydrogens is 1690 g/mol. The molecule has 14 atom stereocenters. The molecule has 4 fully saturated rings. The minimum Gasteiger partial charge on any atom is -0.461 e. The van der Waals surface area contributed by atoms with Crippen molar-refractivity contribution < 1.29 is 112 Å². The molecule has 0 bridgehead atoms. The van der Waals surface area contributed by atoms with E-state index in [0.29, 0.717) is 115 Å². The number of fused-ring (bicyclic) bond motifs is 4. The third-order valence-corrected chi connectivity index (χ3v) is 24.3. The van der Waals surface area contributed by atoms with E-state index in [1.54, 1.807) is 68.7 Å². The maximum Gasteiger partial charge on any atom is 0.410 e. The highest BCUT2D eigenvalue weighted by molar-refractivity contribution is 6.00. The number of carbonyl (C=O) groups excluding carboxylic acids is 12. The molecule has 9 N–H and O–H groups in total. The number of ether oxygens (including phenoxy) is 6. The van der Waals surface area contributed by atoms with E-state index in [9.17, 15) is 66.3 Å². The van der Waals surface area contributed by atoms with Crippen molar-refractivity contribution in [3.8, 4) is 22.8 Å². The number of aromatic amines is 4. The number of nitrogens with two attached hydrogens (primary N) is 2. The van der Waals surface area contributed by atoms with E-state index in [4.69, 9.17) is 48.1 Å². The van der Waals surface area contributed by atoms with E-state index in [-0.39, 0.29) is 76.5 Å². The normalized spacial score (nSPS) is 21.0. The van der Waals surface area contributed by atoms with Crippen LogP contribution in [0.3, 0.4) is 0 Å². The second-order valence-electron chi connectivity index (χ2n) is 36.3. The number of benzene rings is 4. The molecule has 12 rings (SSSR count). The molecule has 4 aromatic heterocycles. The summed E-state index contributed by atoms with van der Waals surface area (Å²) in [5, 5.41) is 5.08. The third-order valence-electron chi connectivity index (χ3n) is 24.3. The van der Waals surface area contributed by atoms with E-state index < -0.39 is 199 Å². The van der Waals surface area contributed by atoms with Gasteiger partial charge >= 0.3 is 36.1 Å². The Hall–Kier alpha value is -11.9. The highest BCUT2D eigenvalue weighted by Gasteiger charge is 2.47. The molecule has 0 spiro atoms. The zero-order chi connectivity index (χ0) is 100. The number of hydrogen-bond acceptors (Lipinski definition) is 20. The number of carbonyl (C=O) groups is 12. The smallest absolute Gasteiger partial charge is 0.410 e. The van der Waals surface area contributed by atoms with Crippen LogP contribution in [0, 0.1) is 29.2 Å². The van der Waals surface area contributed by atoms with Crippen molar-refractivity contribution in [3.05, 3.63) is 118 Å². The standard InChI is InChI=1S/C57H77F2N7O12.C38H46F2N6O6/c1-15-34(21-48(69)30(3)63(13)54(73)77-56(7,8)9)52(71)65-28-39(75-32(5)67)24-37(65)26-43-41-19-17-35(58)22-46(41)60-49(43)50-44(42-20-18-36(59)23-47(42)61-50)27-38-25-40(76-33(6)68)29-66(38)53(72)45(16-2)62-51(70)31(4)64(14)55(74)78-57(10,11)12;1-5-31(41)37(49)45-17-25(51-19(3)47)13-23(45)15-29-27-9-7-21(39)11-33(27)43-35(29)36-30(28-10-8-22(40)12-34(28)44-36)16-24-14-26(52-20(4)48)18-46(24)38(50)32(42)6-2/h17-20,22-23,30-31,34,37-40,45,60-61H,15-16,21,24-29H2,1-14H3,(H,62,70);7-12,23-26,31-32,43-44H,5-6,13-18,41-42H2,1-4H3/t30-,31-,34+,37-,38-,39-,40-,45-;23-,24-,25-,26-,31-,32-/m00/s1/i13D3,14D3;. The van der Waals surface area contributed by atoms with Gasteiger partial charge in [-0.3, -0.25) is 52.8 Å². The van der Waals surface area contributed by atoms with Gasteiger partial charge in [0.05, 0.1) is 67.1 Å². The first kappa shape index (κ1) is 90.1. The summed E-state index contributed by atoms with van der Waals surface area (Å²) in [6, 6.07) is 8.69. The van der Waals surface area contributed by atoms with Crippen molar-refractivity contribution in [2.24, 2.45) is 17.4 Å². The van der Waals surface area contributed by atoms with Gasteiger partial charge in [0.1, 0.15) is 71.0 Å². The number of hydrogen-bond donors (Lipinski definition) is 7. The van der Waals surface area contributed by atoms with Gasteiger partial charge in [0.15, 0.2) is 5.78 Å². The lowest BCUT2D eigenvalue weighted by atomic mass is 9.93. The van der Waals surface area contributed by atoms with Crippen LogP contribution in [0.4, 0.5) is 27.2 Å². The second kappa shape index (κ2) is 41.1. The quantitative estimate of drug-likeness (QED) is 0.0130. The maximum absolute atomic E-state index is 15.3. The van der Waals surface area contributed by atoms with Gasteiger partial charge in [-0.25, -0.2) is 27.2 Å². The highest BCUT2D eigenvalue weighted by Crippen LogP contribution is 2.44. The summed E-state index contributed by atoms with van der Waals surface area (Å²) in [5.41, 5.74) is 16.4. The zero-order valence-electron chi connectivity index (χ0n) is 82.2. The SMILES string of the molecule is CC[C@H](N)C(=O)N1C[C@@H](OC(C)=O)C[C@H]1Cc1c(-c2[nH]c3cc(F)ccc3c2C[C@@H]2C[C@H](OC(C)=O)CN2C(=O)[C@@H](N)CC)[nH]c2cc(F)ccc12.[2H]C([2H])([2H])N(C(=O)OC(C)(C)C)[C@@H](C)C(=O)C[C@@H](CC)C(=O)N1C[C@@H](OC(C)=O)C[C@H]1Cc1c(-c2[nH]c3cc(F)ccc3c2C[C@@H]2C[C@H](OC(C)=O)CN2C(=O)[C@H](CC)NC(=O)[C@H](C)N(C(=O)OC(C)(C)C)C([2H])([2H])[2H])[nH]c2cc(F)ccc12. The number of ketones is 1. The average Bonchev–Trinajstić information content (AvgIpc) is 1.59. The molecule has 130 heavy (non-hydrogen) atoms. The molecule has 4 aliphatic rings. The van der Waals surface area contributed by atoms with Crippen LogP contribution in [0.15, 0.2) is 72.8 Å². The van der Waals surface area contributed by atoms with Gasteiger partial charge < -0.3 is 89.6 Å². The number of rotatable bonds is 29. The van der Waals surface area contributed by atoms with Gasteiger partial charge in [-0.1, -0.05) is 27.7 Å². The minimum atomic E-state index is -3.12. The van der Waals surface area contributed by atoms with Crippen LogP contribution in [0.5, 0.6) is 0 Å². The Bertz CT molecular complexity index is 5500. The fourth-order valence-corrected chi connectivity index (χ4v) is 18.0. The number of esters is 4. The summed E-state index contributed by atoms with van der Waals surface area (Å²) in [6.45, 7) is 17.6. The van der Waals surface area contributed by atoms with E-state index in [0.717, 1.165) is 21.9 Å². The monoisotopic (exact) mass is 1820 g/mol. The largest absolute Gasteiger partial charge is 0.461 e. The Morgan fingerprint density at radius 3 is 0.985 bits per heavy atom. The number of halogens is 4. The molecule has 8 heterocycles. The molecule has 0 unspecified atom stereocenters. The van der Waals surface area contributed by atoms with Crippen molar-refractivity contribution in [2.45, 2.75) is 284 Å². The van der Waals surface area contributed by atoms with Crippen LogP contribution >= 0.6 is 0 Å². The zero-order valence-corrected chi connectivity index (χ0v) is 76.2. The Labute approximate surface area is 761 Å². The Morgan fingerprint density at radius 1 is 0.438 bits per heavy atom. The summed E-state index contributed by atoms with van der Waals surface area (Å²) in [5.74, 6) is -8.64. The summed E-state index contributed by atoms with van der Waals surface area (Å²) in [7, 11) is 0. The lowest BCUT2D eigenvalue weighted by Gasteiger charge is -2.31. The lowest BCUT2D eigenvalue weighted by Crippen LogP contribution is -2.55. The number of likely N-dealkylation sites (tertiary alicyclic amines) is 4. The molecular formula is C95H123F4N13O18. The van der Waals surface area contributed by atoms with E-state index in [2.05, 4.69) is 25.3 Å². The lowest BCUT2D eigenvalue weighted by molar-refractivity contribution is -0.147. The minimum absolute atomic E-state index is 0.000218. The molecule has 4 aromatic carbocycles. The van der Waals surface area contributed by atoms with E-state index in [1.165, 1.54) is 121 Å². The molecule has 4 saturated heterocycles. The van der Waals surface area contributed by atoms with Crippen LogP contribution in [-0.2, 0) is 102 Å². The molecule has 0 radical (unpaired) electrons. The van der Waals surface area contributed by atoms with E-state index in [1.807, 2.05) is 13.8 Å². The number of aromatic nitrogens is 4. The summed E-state index contributed by atoms with van der Waals surface area (Å²) in [4.78, 5) is 181. The molecule has 704 valence electrons. The average molecular weight is 1820 g/mol. The summed E-state index contributed by atoms with van der Waals surface area (Å²) in [6.07, 6.45) is -3.21. The number of nitrogens with zero attached hydrogens (tertiary/aromatic N) is 6. The topological polar surface area (TPSA) is 407 Å². The van der Waals surface area contributed by atoms with Gasteiger partial charge in [-0.2, -0.15) is 0 Å². The number of likely N-dealkylation sites (N-methyl/N-ethyl adjacent to an activating group) is 2. The molecule has 8 aromatic rings. The number of Topliss-reactive ketones (excluding diaryl/α,β-unsaturated/α-hetero) is 1. The Morgan fingerprint density at radius 2 is 0.723 bits per heavy atom. The van der Waals surface area contributed by atoms with Crippen LogP contribution in [-0.4, -0.2) is 251 Å². The van der Waals surface area contributed by atoms with Crippen molar-refractivity contribution in [3.63, 3.8) is 0 Å². The van der Waals surface area contributed by atoms with Gasteiger partial charge in [0, 0.05) is 156 Å². The molecule has 35 heteroatoms. The molecule has 0 aliphatic carbocycles. The van der Waals surface area contributed by atoms with Crippen molar-refractivity contribution in [1.82, 2.24) is 54.7 Å². The predicted molar refractivity (Wildman–Crippen MR) is 478 cm³/mol. The first-order chi connectivity index (χ1) is 63.6. The first-order valence-electron chi connectivity index (χ1n) is 47.1. The van der Waals surface area contributed by atoms with Gasteiger partial charge in [-0.15, -0.1) is 0 Å². The van der Waals surface area contributed by atoms with Crippen molar-refractivity contribution in [1.29, 1.82) is 0 Å². The van der Waals surface area contributed by atoms with Crippen LogP contribution < -0.4 is 16.8 Å². The van der Waals surface area contributed by atoms with Gasteiger partial charge in [0.25, 0.3) is 0 Å². The molecule has 7 amide bonds. The predicted octanol–water partition coefficient (Wildman–Crippen LogP) is 12.4. The third kappa shape index (κ3) is 23.1. The van der Waals surface area contributed by atoms with Crippen LogP contribution in [0.25, 0.3) is 66.4 Å². The molecule has 31 nitrogen and oxygen atoms in total. The van der Waals surface area contributed by atoms with Crippen molar-refractivity contribution in [2.75, 3.05) is 40.1 Å². The van der Waals surface area contributed by atoms with Crippen LogP contribution in [0.1, 0.15) is 199 Å². The molecule has 0 saturated carbocycles. The number of amides is 7. The van der Waals surface area contributed by atoms with Gasteiger partial charge in [-0.05, 0) is 202 Å². The fraction of sp³-hybridized carbons (Fsp3) is 0.537. The van der Waals surface area contributed by atoms with E-state index >= 15 is 8.78 Å². The first-order valence-corrected chi connectivity index (χ1v) is 44.1. The summed E-state index contributed by atoms with van der Waals surface area (Å²) >= 11 is 0. The number of nitrogens with one attached hydrogen (secondary N) is 5. The molecule has 4 aliphatic heterocycles. The second-order valence-corrected chi connectivity index (χ2v) is 36.3. The maximum atomic E-state index is 15.3.